The Morgan fingerprint density at radius 1 is 1.21 bits per heavy atom. The van der Waals surface area contributed by atoms with Crippen LogP contribution in [0.1, 0.15) is 27.2 Å². The Morgan fingerprint density at radius 2 is 1.88 bits per heavy atom. The highest BCUT2D eigenvalue weighted by Gasteiger charge is 2.51. The van der Waals surface area contributed by atoms with Crippen molar-refractivity contribution < 1.29 is 17.9 Å². The first-order valence-corrected chi connectivity index (χ1v) is 10.1. The molecule has 0 spiro atoms. The number of sulfonamides is 1. The molecule has 1 aromatic rings. The second kappa shape index (κ2) is 6.00. The van der Waals surface area contributed by atoms with Crippen LogP contribution in [0.15, 0.2) is 33.6 Å². The minimum atomic E-state index is -3.58. The molecule has 0 radical (unpaired) electrons. The highest BCUT2D eigenvalue weighted by Crippen LogP contribution is 2.37. The Hall–Kier alpha value is -1.12. The number of piperazine rings is 1. The van der Waals surface area contributed by atoms with Gasteiger partial charge in [-0.05, 0) is 55.3 Å². The molecule has 2 heterocycles. The maximum absolute atomic E-state index is 12.9. The van der Waals surface area contributed by atoms with E-state index in [4.69, 9.17) is 4.74 Å². The van der Waals surface area contributed by atoms with Gasteiger partial charge >= 0.3 is 6.09 Å². The molecule has 6 nitrogen and oxygen atoms in total. The first-order valence-electron chi connectivity index (χ1n) is 7.85. The van der Waals surface area contributed by atoms with Crippen molar-refractivity contribution in [3.63, 3.8) is 0 Å². The number of amides is 1. The van der Waals surface area contributed by atoms with Crippen molar-refractivity contribution in [2.24, 2.45) is 0 Å². The fourth-order valence-corrected chi connectivity index (χ4v) is 5.88. The summed E-state index contributed by atoms with van der Waals surface area (Å²) in [6.45, 7) is 6.16. The molecule has 2 aliphatic rings. The summed E-state index contributed by atoms with van der Waals surface area (Å²) < 4.78 is 33.3. The maximum atomic E-state index is 12.9. The van der Waals surface area contributed by atoms with Gasteiger partial charge in [0.1, 0.15) is 5.60 Å². The van der Waals surface area contributed by atoms with E-state index in [0.29, 0.717) is 24.0 Å². The molecule has 0 aromatic heterocycles. The lowest BCUT2D eigenvalue weighted by molar-refractivity contribution is 0.0173. The van der Waals surface area contributed by atoms with Gasteiger partial charge in [-0.15, -0.1) is 0 Å². The van der Waals surface area contributed by atoms with Crippen LogP contribution in [0.2, 0.25) is 0 Å². The van der Waals surface area contributed by atoms with Crippen LogP contribution in [0.25, 0.3) is 0 Å². The first kappa shape index (κ1) is 17.7. The summed E-state index contributed by atoms with van der Waals surface area (Å²) in [7, 11) is -3.58. The number of rotatable bonds is 2. The van der Waals surface area contributed by atoms with Gasteiger partial charge in [0.25, 0.3) is 0 Å². The zero-order chi connectivity index (χ0) is 17.7. The van der Waals surface area contributed by atoms with Gasteiger partial charge in [-0.1, -0.05) is 12.1 Å². The van der Waals surface area contributed by atoms with Crippen molar-refractivity contribution in [1.82, 2.24) is 9.21 Å². The minimum absolute atomic E-state index is 0.123. The average Bonchev–Trinajstić information content (AvgIpc) is 3.06. The average molecular weight is 417 g/mol. The van der Waals surface area contributed by atoms with Crippen molar-refractivity contribution in [1.29, 1.82) is 0 Å². The van der Waals surface area contributed by atoms with Crippen molar-refractivity contribution in [2.75, 3.05) is 13.1 Å². The lowest BCUT2D eigenvalue weighted by Crippen LogP contribution is -2.51. The summed E-state index contributed by atoms with van der Waals surface area (Å²) in [6.07, 6.45) is 0.288. The second-order valence-electron chi connectivity index (χ2n) is 7.18. The van der Waals surface area contributed by atoms with Crippen molar-refractivity contribution in [3.8, 4) is 0 Å². The van der Waals surface area contributed by atoms with Gasteiger partial charge in [0.15, 0.2) is 0 Å². The zero-order valence-electron chi connectivity index (χ0n) is 13.9. The number of nitrogens with zero attached hydrogens (tertiary/aromatic N) is 2. The van der Waals surface area contributed by atoms with E-state index in [2.05, 4.69) is 15.9 Å². The van der Waals surface area contributed by atoms with E-state index >= 15 is 0 Å². The third-order valence-corrected chi connectivity index (χ3v) is 7.17. The predicted octanol–water partition coefficient (Wildman–Crippen LogP) is 2.83. The van der Waals surface area contributed by atoms with Crippen LogP contribution in [0, 0.1) is 0 Å². The summed E-state index contributed by atoms with van der Waals surface area (Å²) in [5.74, 6) is 0. The molecule has 1 aromatic carbocycles. The molecule has 0 saturated carbocycles. The van der Waals surface area contributed by atoms with Crippen LogP contribution >= 0.6 is 15.9 Å². The standard InChI is InChI=1S/C16H21BrN2O4S/c1-16(2,3)23-15(20)18-9-12-8-11(18)10-19(12)24(21,22)14-7-5-4-6-13(14)17/h4-7,11-12H,8-10H2,1-3H3/t11-,12-/m1/s1. The number of ether oxygens (including phenoxy) is 1. The molecule has 0 aliphatic carbocycles. The maximum Gasteiger partial charge on any atom is 0.410 e. The molecule has 132 valence electrons. The van der Waals surface area contributed by atoms with E-state index in [0.717, 1.165) is 0 Å². The number of fused-ring (bicyclic) bond motifs is 2. The summed E-state index contributed by atoms with van der Waals surface area (Å²) in [5, 5.41) is 0. The van der Waals surface area contributed by atoms with E-state index in [-0.39, 0.29) is 23.1 Å². The Bertz CT molecular complexity index is 760. The normalized spacial score (nSPS) is 24.4. The molecule has 2 atom stereocenters. The van der Waals surface area contributed by atoms with Crippen molar-refractivity contribution >= 4 is 32.0 Å². The Morgan fingerprint density at radius 3 is 2.42 bits per heavy atom. The number of hydrogen-bond donors (Lipinski definition) is 0. The van der Waals surface area contributed by atoms with E-state index in [1.807, 2.05) is 20.8 Å². The molecule has 2 bridgehead atoms. The quantitative estimate of drug-likeness (QED) is 0.743. The minimum Gasteiger partial charge on any atom is -0.444 e. The number of likely N-dealkylation sites (tertiary alicyclic amines) is 1. The Balaban J connectivity index is 1.76. The number of hydrogen-bond acceptors (Lipinski definition) is 4. The van der Waals surface area contributed by atoms with Crippen LogP contribution in [0.4, 0.5) is 4.79 Å². The topological polar surface area (TPSA) is 66.9 Å². The van der Waals surface area contributed by atoms with Gasteiger partial charge in [-0.3, -0.25) is 0 Å². The summed E-state index contributed by atoms with van der Waals surface area (Å²) >= 11 is 3.31. The number of halogens is 1. The van der Waals surface area contributed by atoms with E-state index in [9.17, 15) is 13.2 Å². The van der Waals surface area contributed by atoms with Gasteiger partial charge in [-0.2, -0.15) is 4.31 Å². The molecule has 0 N–H and O–H groups in total. The fraction of sp³-hybridized carbons (Fsp3) is 0.562. The number of carbonyl (C=O) groups excluding carboxylic acids is 1. The van der Waals surface area contributed by atoms with Gasteiger partial charge < -0.3 is 9.64 Å². The van der Waals surface area contributed by atoms with Crippen LogP contribution in [-0.2, 0) is 14.8 Å². The molecule has 8 heteroatoms. The molecule has 2 saturated heterocycles. The molecule has 2 aliphatic heterocycles. The van der Waals surface area contributed by atoms with Crippen LogP contribution in [0.5, 0.6) is 0 Å². The second-order valence-corrected chi connectivity index (χ2v) is 9.89. The molecule has 1 amide bonds. The molecule has 24 heavy (non-hydrogen) atoms. The van der Waals surface area contributed by atoms with E-state index in [1.165, 1.54) is 4.31 Å². The SMILES string of the molecule is CC(C)(C)OC(=O)N1C[C@H]2C[C@@H]1CN2S(=O)(=O)c1ccccc1Br. The molecular formula is C16H21BrN2O4S. The van der Waals surface area contributed by atoms with Crippen LogP contribution in [-0.4, -0.2) is 54.5 Å². The predicted molar refractivity (Wildman–Crippen MR) is 93.2 cm³/mol. The third kappa shape index (κ3) is 3.19. The molecule has 0 unspecified atom stereocenters. The number of benzene rings is 1. The third-order valence-electron chi connectivity index (χ3n) is 4.24. The Kier molecular flexibility index (Phi) is 4.42. The van der Waals surface area contributed by atoms with E-state index in [1.54, 1.807) is 29.2 Å². The van der Waals surface area contributed by atoms with Crippen LogP contribution in [0.3, 0.4) is 0 Å². The lowest BCUT2D eigenvalue weighted by atomic mass is 10.2. The molecule has 2 fully saturated rings. The zero-order valence-corrected chi connectivity index (χ0v) is 16.3. The van der Waals surface area contributed by atoms with E-state index < -0.39 is 15.6 Å². The van der Waals surface area contributed by atoms with Gasteiger partial charge in [0.2, 0.25) is 10.0 Å². The van der Waals surface area contributed by atoms with Gasteiger partial charge in [0, 0.05) is 23.6 Å². The molecule has 3 rings (SSSR count). The summed E-state index contributed by atoms with van der Waals surface area (Å²) in [6, 6.07) is 6.48. The van der Waals surface area contributed by atoms with Crippen molar-refractivity contribution in [2.45, 2.75) is 49.8 Å². The molecular weight excluding hydrogens is 396 g/mol. The summed E-state index contributed by atoms with van der Waals surface area (Å²) in [4.78, 5) is 14.2. The lowest BCUT2D eigenvalue weighted by Gasteiger charge is -2.34. The smallest absolute Gasteiger partial charge is 0.410 e. The highest BCUT2D eigenvalue weighted by atomic mass is 79.9. The fourth-order valence-electron chi connectivity index (χ4n) is 3.25. The van der Waals surface area contributed by atoms with Crippen LogP contribution < -0.4 is 0 Å². The van der Waals surface area contributed by atoms with Gasteiger partial charge in [-0.25, -0.2) is 13.2 Å². The highest BCUT2D eigenvalue weighted by molar-refractivity contribution is 9.10. The monoisotopic (exact) mass is 416 g/mol. The first-order chi connectivity index (χ1) is 11.1. The summed E-state index contributed by atoms with van der Waals surface area (Å²) in [5.41, 5.74) is -0.556. The Labute approximate surface area is 150 Å². The largest absolute Gasteiger partial charge is 0.444 e. The van der Waals surface area contributed by atoms with Gasteiger partial charge in [0.05, 0.1) is 10.9 Å². The van der Waals surface area contributed by atoms with Crippen molar-refractivity contribution in [3.05, 3.63) is 28.7 Å². The number of carbonyl (C=O) groups is 1.